The number of nitrogens with one attached hydrogen (secondary N) is 1. The van der Waals surface area contributed by atoms with Crippen molar-refractivity contribution in [3.8, 4) is 0 Å². The third-order valence-corrected chi connectivity index (χ3v) is 3.74. The average Bonchev–Trinajstić information content (AvgIpc) is 2.28. The molecule has 3 heteroatoms. The molecule has 0 spiro atoms. The lowest BCUT2D eigenvalue weighted by molar-refractivity contribution is 0.144. The molecule has 1 N–H and O–H groups in total. The quantitative estimate of drug-likeness (QED) is 0.845. The lowest BCUT2D eigenvalue weighted by Crippen LogP contribution is -2.40. The number of benzene rings is 1. The fourth-order valence-electron chi connectivity index (χ4n) is 2.18. The Morgan fingerprint density at radius 3 is 2.53 bits per heavy atom. The van der Waals surface area contributed by atoms with Crippen molar-refractivity contribution >= 4 is 15.9 Å². The second-order valence-corrected chi connectivity index (χ2v) is 7.14. The molecule has 1 aromatic carbocycles. The summed E-state index contributed by atoms with van der Waals surface area (Å²) >= 11 is 3.56. The van der Waals surface area contributed by atoms with Gasteiger partial charge in [-0.15, -0.1) is 0 Å². The van der Waals surface area contributed by atoms with Gasteiger partial charge >= 0.3 is 0 Å². The number of methoxy groups -OCH3 is 1. The van der Waals surface area contributed by atoms with Crippen molar-refractivity contribution in [2.45, 2.75) is 39.2 Å². The Morgan fingerprint density at radius 1 is 1.32 bits per heavy atom. The number of ether oxygens (including phenoxy) is 1. The maximum atomic E-state index is 5.33. The van der Waals surface area contributed by atoms with Crippen LogP contribution < -0.4 is 5.32 Å². The van der Waals surface area contributed by atoms with E-state index in [1.807, 2.05) is 0 Å². The van der Waals surface area contributed by atoms with Crippen LogP contribution in [0.2, 0.25) is 0 Å². The Kier molecular flexibility index (Phi) is 6.51. The second kappa shape index (κ2) is 7.41. The molecule has 0 saturated heterocycles. The fourth-order valence-corrected chi connectivity index (χ4v) is 2.60. The first kappa shape index (κ1) is 16.7. The van der Waals surface area contributed by atoms with Gasteiger partial charge in [0.15, 0.2) is 0 Å². The number of hydrogen-bond acceptors (Lipinski definition) is 2. The van der Waals surface area contributed by atoms with Crippen LogP contribution in [0.3, 0.4) is 0 Å². The number of halogens is 1. The molecule has 2 atom stereocenters. The molecule has 0 heterocycles. The normalized spacial score (nSPS) is 15.3. The van der Waals surface area contributed by atoms with E-state index in [0.29, 0.717) is 11.8 Å². The van der Waals surface area contributed by atoms with E-state index in [-0.39, 0.29) is 5.54 Å². The van der Waals surface area contributed by atoms with Crippen molar-refractivity contribution < 1.29 is 4.74 Å². The Labute approximate surface area is 126 Å². The molecule has 19 heavy (non-hydrogen) atoms. The molecule has 0 aliphatic heterocycles. The summed E-state index contributed by atoms with van der Waals surface area (Å²) in [5.74, 6) is 0.936. The molecule has 0 bridgehead atoms. The SMILES string of the molecule is COCC(C)C(CNC(C)(C)C)c1cccc(Br)c1. The highest BCUT2D eigenvalue weighted by molar-refractivity contribution is 9.10. The zero-order valence-electron chi connectivity index (χ0n) is 12.7. The van der Waals surface area contributed by atoms with Crippen LogP contribution in [0.5, 0.6) is 0 Å². The van der Waals surface area contributed by atoms with E-state index in [9.17, 15) is 0 Å². The summed E-state index contributed by atoms with van der Waals surface area (Å²) < 4.78 is 6.46. The van der Waals surface area contributed by atoms with Gasteiger partial charge in [-0.3, -0.25) is 0 Å². The standard InChI is InChI=1S/C16H26BrNO/c1-12(11-19-5)15(10-18-16(2,3)4)13-7-6-8-14(17)9-13/h6-9,12,15,18H,10-11H2,1-5H3. The molecule has 2 unspecified atom stereocenters. The van der Waals surface area contributed by atoms with Crippen molar-refractivity contribution in [1.29, 1.82) is 0 Å². The van der Waals surface area contributed by atoms with Gasteiger partial charge in [0, 0.05) is 36.2 Å². The van der Waals surface area contributed by atoms with Gasteiger partial charge in [-0.2, -0.15) is 0 Å². The smallest absolute Gasteiger partial charge is 0.0494 e. The first-order valence-electron chi connectivity index (χ1n) is 6.83. The van der Waals surface area contributed by atoms with Gasteiger partial charge in [-0.05, 0) is 44.4 Å². The summed E-state index contributed by atoms with van der Waals surface area (Å²) in [6, 6.07) is 8.58. The molecule has 0 aromatic heterocycles. The van der Waals surface area contributed by atoms with Crippen LogP contribution >= 0.6 is 15.9 Å². The Hall–Kier alpha value is -0.380. The van der Waals surface area contributed by atoms with E-state index in [0.717, 1.165) is 17.6 Å². The van der Waals surface area contributed by atoms with E-state index in [2.05, 4.69) is 73.2 Å². The fraction of sp³-hybridized carbons (Fsp3) is 0.625. The van der Waals surface area contributed by atoms with Crippen LogP contribution in [0.4, 0.5) is 0 Å². The van der Waals surface area contributed by atoms with Crippen LogP contribution in [-0.2, 0) is 4.74 Å². The summed E-state index contributed by atoms with van der Waals surface area (Å²) in [4.78, 5) is 0. The van der Waals surface area contributed by atoms with E-state index >= 15 is 0 Å². The Morgan fingerprint density at radius 2 is 2.00 bits per heavy atom. The number of hydrogen-bond donors (Lipinski definition) is 1. The molecule has 0 saturated carbocycles. The highest BCUT2D eigenvalue weighted by Crippen LogP contribution is 2.27. The first-order chi connectivity index (χ1) is 8.83. The largest absolute Gasteiger partial charge is 0.384 e. The summed E-state index contributed by atoms with van der Waals surface area (Å²) in [5, 5.41) is 3.61. The molecule has 0 amide bonds. The van der Waals surface area contributed by atoms with E-state index < -0.39 is 0 Å². The minimum atomic E-state index is 0.136. The predicted molar refractivity (Wildman–Crippen MR) is 85.7 cm³/mol. The van der Waals surface area contributed by atoms with Crippen LogP contribution in [-0.4, -0.2) is 25.8 Å². The van der Waals surface area contributed by atoms with Gasteiger partial charge in [0.2, 0.25) is 0 Å². The molecule has 0 aliphatic rings. The third-order valence-electron chi connectivity index (χ3n) is 3.25. The monoisotopic (exact) mass is 327 g/mol. The summed E-state index contributed by atoms with van der Waals surface area (Å²) in [7, 11) is 1.77. The minimum Gasteiger partial charge on any atom is -0.384 e. The van der Waals surface area contributed by atoms with Crippen molar-refractivity contribution in [2.24, 2.45) is 5.92 Å². The maximum absolute atomic E-state index is 5.33. The second-order valence-electron chi connectivity index (χ2n) is 6.23. The molecule has 0 fully saturated rings. The summed E-state index contributed by atoms with van der Waals surface area (Å²) in [5.41, 5.74) is 1.49. The van der Waals surface area contributed by atoms with Crippen molar-refractivity contribution in [3.63, 3.8) is 0 Å². The lowest BCUT2D eigenvalue weighted by atomic mass is 9.87. The highest BCUT2D eigenvalue weighted by Gasteiger charge is 2.21. The van der Waals surface area contributed by atoms with Gasteiger partial charge in [0.1, 0.15) is 0 Å². The molecular weight excluding hydrogens is 302 g/mol. The molecule has 1 aromatic rings. The zero-order valence-corrected chi connectivity index (χ0v) is 14.3. The van der Waals surface area contributed by atoms with Gasteiger partial charge in [-0.1, -0.05) is 35.0 Å². The number of rotatable bonds is 6. The van der Waals surface area contributed by atoms with Crippen molar-refractivity contribution in [2.75, 3.05) is 20.3 Å². The zero-order chi connectivity index (χ0) is 14.5. The highest BCUT2D eigenvalue weighted by atomic mass is 79.9. The van der Waals surface area contributed by atoms with Gasteiger partial charge in [0.05, 0.1) is 0 Å². The van der Waals surface area contributed by atoms with Gasteiger partial charge in [0.25, 0.3) is 0 Å². The van der Waals surface area contributed by atoms with Gasteiger partial charge in [-0.25, -0.2) is 0 Å². The molecular formula is C16H26BrNO. The van der Waals surface area contributed by atoms with E-state index in [1.54, 1.807) is 7.11 Å². The maximum Gasteiger partial charge on any atom is 0.0494 e. The predicted octanol–water partition coefficient (Wildman–Crippen LogP) is 4.20. The molecule has 0 aliphatic carbocycles. The molecule has 2 nitrogen and oxygen atoms in total. The topological polar surface area (TPSA) is 21.3 Å². The van der Waals surface area contributed by atoms with Crippen LogP contribution in [0.25, 0.3) is 0 Å². The van der Waals surface area contributed by atoms with Gasteiger partial charge < -0.3 is 10.1 Å². The molecule has 1 rings (SSSR count). The van der Waals surface area contributed by atoms with E-state index in [4.69, 9.17) is 4.74 Å². The molecule has 0 radical (unpaired) electrons. The first-order valence-corrected chi connectivity index (χ1v) is 7.62. The molecule has 108 valence electrons. The lowest BCUT2D eigenvalue weighted by Gasteiger charge is -2.29. The van der Waals surface area contributed by atoms with Crippen LogP contribution in [0, 0.1) is 5.92 Å². The summed E-state index contributed by atoms with van der Waals surface area (Å²) in [6.07, 6.45) is 0. The van der Waals surface area contributed by atoms with Crippen LogP contribution in [0.1, 0.15) is 39.2 Å². The average molecular weight is 328 g/mol. The minimum absolute atomic E-state index is 0.136. The van der Waals surface area contributed by atoms with Crippen molar-refractivity contribution in [3.05, 3.63) is 34.3 Å². The summed E-state index contributed by atoms with van der Waals surface area (Å²) in [6.45, 7) is 10.6. The van der Waals surface area contributed by atoms with Crippen LogP contribution in [0.15, 0.2) is 28.7 Å². The van der Waals surface area contributed by atoms with E-state index in [1.165, 1.54) is 5.56 Å². The van der Waals surface area contributed by atoms with Crippen molar-refractivity contribution in [1.82, 2.24) is 5.32 Å². The third kappa shape index (κ3) is 6.07. The Balaban J connectivity index is 2.85. The Bertz CT molecular complexity index is 387.